The Bertz CT molecular complexity index is 1390. The van der Waals surface area contributed by atoms with Crippen LogP contribution < -0.4 is 10.6 Å². The summed E-state index contributed by atoms with van der Waals surface area (Å²) < 4.78 is 55.8. The van der Waals surface area contributed by atoms with Crippen molar-refractivity contribution in [1.82, 2.24) is 9.88 Å². The number of fused-ring (bicyclic) bond motifs is 3. The summed E-state index contributed by atoms with van der Waals surface area (Å²) in [6.07, 6.45) is -3.28. The Morgan fingerprint density at radius 3 is 2.42 bits per heavy atom. The molecule has 2 saturated carbocycles. The SMILES string of the molecule is CCC(=O)C1(NC(=O)C(=O)c2c(C)c(C(=O)Nc3ccc(C)c(C(F)F)c3)n3c2C[C@H]2C[C@H]23)CC(F)(F)C1. The molecule has 2 aromatic rings. The summed E-state index contributed by atoms with van der Waals surface area (Å²) >= 11 is 0. The zero-order valence-corrected chi connectivity index (χ0v) is 21.1. The number of alkyl halides is 4. The van der Waals surface area contributed by atoms with Gasteiger partial charge in [-0.15, -0.1) is 0 Å². The third-order valence-electron chi connectivity index (χ3n) is 7.97. The van der Waals surface area contributed by atoms with E-state index in [0.29, 0.717) is 17.7 Å². The number of aryl methyl sites for hydroxylation is 1. The summed E-state index contributed by atoms with van der Waals surface area (Å²) in [5.74, 6) is -6.27. The average molecular weight is 534 g/mol. The first-order valence-corrected chi connectivity index (χ1v) is 12.5. The maximum absolute atomic E-state index is 13.7. The van der Waals surface area contributed by atoms with Gasteiger partial charge in [0.25, 0.3) is 29.9 Å². The van der Waals surface area contributed by atoms with E-state index in [9.17, 15) is 36.7 Å². The van der Waals surface area contributed by atoms with Gasteiger partial charge in [-0.2, -0.15) is 0 Å². The van der Waals surface area contributed by atoms with Crippen molar-refractivity contribution >= 4 is 29.1 Å². The number of Topliss-reactive ketones (excluding diaryl/α,β-unsaturated/α-hetero) is 2. The van der Waals surface area contributed by atoms with E-state index in [1.54, 1.807) is 4.57 Å². The third-order valence-corrected chi connectivity index (χ3v) is 7.97. The van der Waals surface area contributed by atoms with Gasteiger partial charge in [0.2, 0.25) is 0 Å². The summed E-state index contributed by atoms with van der Waals surface area (Å²) in [6, 6.07) is 4.14. The van der Waals surface area contributed by atoms with Gasteiger partial charge in [-0.1, -0.05) is 13.0 Å². The molecule has 0 saturated heterocycles. The summed E-state index contributed by atoms with van der Waals surface area (Å²) in [7, 11) is 0. The first-order valence-electron chi connectivity index (χ1n) is 12.5. The van der Waals surface area contributed by atoms with Crippen LogP contribution in [0.25, 0.3) is 0 Å². The van der Waals surface area contributed by atoms with Crippen molar-refractivity contribution in [3.63, 3.8) is 0 Å². The Labute approximate surface area is 216 Å². The van der Waals surface area contributed by atoms with Crippen LogP contribution in [0.1, 0.15) is 88.3 Å². The van der Waals surface area contributed by atoms with E-state index in [1.807, 2.05) is 0 Å². The molecule has 0 spiro atoms. The van der Waals surface area contributed by atoms with E-state index >= 15 is 0 Å². The summed E-state index contributed by atoms with van der Waals surface area (Å²) in [6.45, 7) is 4.55. The molecule has 0 unspecified atom stereocenters. The lowest BCUT2D eigenvalue weighted by molar-refractivity contribution is -0.163. The number of anilines is 1. The van der Waals surface area contributed by atoms with Gasteiger partial charge in [-0.25, -0.2) is 17.6 Å². The molecule has 202 valence electrons. The lowest BCUT2D eigenvalue weighted by Crippen LogP contribution is -2.67. The van der Waals surface area contributed by atoms with Gasteiger partial charge in [0.1, 0.15) is 11.2 Å². The van der Waals surface area contributed by atoms with E-state index in [2.05, 4.69) is 10.6 Å². The van der Waals surface area contributed by atoms with Gasteiger partial charge < -0.3 is 15.2 Å². The molecule has 0 bridgehead atoms. The van der Waals surface area contributed by atoms with Crippen molar-refractivity contribution in [1.29, 1.82) is 0 Å². The minimum absolute atomic E-state index is 0.0159. The Hall–Kier alpha value is -3.50. The molecule has 1 aromatic heterocycles. The molecule has 2 amide bonds. The maximum Gasteiger partial charge on any atom is 0.293 e. The normalized spacial score (nSPS) is 21.8. The highest BCUT2D eigenvalue weighted by atomic mass is 19.3. The number of aromatic nitrogens is 1. The number of amides is 2. The number of carbonyl (C=O) groups excluding carboxylic acids is 4. The molecule has 2 heterocycles. The van der Waals surface area contributed by atoms with Crippen molar-refractivity contribution in [3.05, 3.63) is 51.8 Å². The molecule has 2 fully saturated rings. The fourth-order valence-corrected chi connectivity index (χ4v) is 5.99. The summed E-state index contributed by atoms with van der Waals surface area (Å²) in [5.41, 5.74) is -0.574. The monoisotopic (exact) mass is 533 g/mol. The van der Waals surface area contributed by atoms with Crippen molar-refractivity contribution in [2.75, 3.05) is 5.32 Å². The fourth-order valence-electron chi connectivity index (χ4n) is 5.99. The smallest absolute Gasteiger partial charge is 0.293 e. The highest BCUT2D eigenvalue weighted by Crippen LogP contribution is 2.54. The van der Waals surface area contributed by atoms with E-state index < -0.39 is 54.1 Å². The second kappa shape index (κ2) is 8.78. The molecule has 1 aromatic carbocycles. The van der Waals surface area contributed by atoms with Crippen molar-refractivity contribution < 1.29 is 36.7 Å². The molecule has 38 heavy (non-hydrogen) atoms. The summed E-state index contributed by atoms with van der Waals surface area (Å²) in [4.78, 5) is 52.1. The predicted molar refractivity (Wildman–Crippen MR) is 129 cm³/mol. The van der Waals surface area contributed by atoms with E-state index in [1.165, 1.54) is 39.0 Å². The molecule has 1 aliphatic heterocycles. The van der Waals surface area contributed by atoms with E-state index in [-0.39, 0.29) is 46.5 Å². The average Bonchev–Trinajstić information content (AvgIpc) is 3.40. The van der Waals surface area contributed by atoms with Crippen LogP contribution in [0.2, 0.25) is 0 Å². The predicted octanol–water partition coefficient (Wildman–Crippen LogP) is 4.86. The largest absolute Gasteiger partial charge is 0.336 e. The molecule has 11 heteroatoms. The second-order valence-electron chi connectivity index (χ2n) is 10.6. The Morgan fingerprint density at radius 2 is 1.82 bits per heavy atom. The maximum atomic E-state index is 13.7. The summed E-state index contributed by atoms with van der Waals surface area (Å²) in [5, 5.41) is 4.90. The van der Waals surface area contributed by atoms with Crippen LogP contribution in [0.4, 0.5) is 23.2 Å². The number of ketones is 2. The van der Waals surface area contributed by atoms with Crippen LogP contribution in [0.5, 0.6) is 0 Å². The van der Waals surface area contributed by atoms with Crippen LogP contribution in [-0.2, 0) is 16.0 Å². The number of nitrogens with one attached hydrogen (secondary N) is 2. The van der Waals surface area contributed by atoms with Crippen LogP contribution in [0, 0.1) is 19.8 Å². The van der Waals surface area contributed by atoms with Crippen LogP contribution >= 0.6 is 0 Å². The van der Waals surface area contributed by atoms with Gasteiger partial charge in [0.05, 0.1) is 5.56 Å². The van der Waals surface area contributed by atoms with Gasteiger partial charge in [0, 0.05) is 42.2 Å². The molecular weight excluding hydrogens is 506 g/mol. The number of carbonyl (C=O) groups is 4. The fraction of sp³-hybridized carbons (Fsp3) is 0.481. The highest BCUT2D eigenvalue weighted by molar-refractivity contribution is 6.44. The molecule has 2 atom stereocenters. The molecule has 2 aliphatic carbocycles. The molecule has 0 radical (unpaired) electrons. The number of rotatable bonds is 8. The van der Waals surface area contributed by atoms with Gasteiger partial charge in [0.15, 0.2) is 5.78 Å². The van der Waals surface area contributed by atoms with Gasteiger partial charge in [-0.3, -0.25) is 19.2 Å². The molecule has 2 N–H and O–H groups in total. The lowest BCUT2D eigenvalue weighted by Gasteiger charge is -2.46. The van der Waals surface area contributed by atoms with E-state index in [4.69, 9.17) is 0 Å². The molecule has 3 aliphatic rings. The number of hydrogen-bond acceptors (Lipinski definition) is 4. The van der Waals surface area contributed by atoms with Crippen LogP contribution in [0.15, 0.2) is 18.2 Å². The molecule has 5 rings (SSSR count). The van der Waals surface area contributed by atoms with Gasteiger partial charge >= 0.3 is 0 Å². The minimum Gasteiger partial charge on any atom is -0.336 e. The van der Waals surface area contributed by atoms with Crippen molar-refractivity contribution in [2.45, 2.75) is 76.8 Å². The Balaban J connectivity index is 1.45. The third kappa shape index (κ3) is 4.12. The first kappa shape index (κ1) is 26.1. The highest BCUT2D eigenvalue weighted by Gasteiger charge is 2.61. The quantitative estimate of drug-likeness (QED) is 0.288. The zero-order chi connectivity index (χ0) is 27.7. The number of benzene rings is 1. The van der Waals surface area contributed by atoms with Crippen LogP contribution in [0.3, 0.4) is 0 Å². The minimum atomic E-state index is -3.11. The van der Waals surface area contributed by atoms with E-state index in [0.717, 1.165) is 6.42 Å². The first-order chi connectivity index (χ1) is 17.8. The lowest BCUT2D eigenvalue weighted by atomic mass is 9.69. The topological polar surface area (TPSA) is 97.3 Å². The standard InChI is InChI=1S/C27H27F4N3O4/c1-4-19(35)26(10-27(30,31)11-26)33-25(38)22(36)20-13(3)21(34-17-7-14(17)8-18(20)34)24(37)32-15-6-5-12(2)16(9-15)23(28)29/h5-6,9,14,17,23H,4,7-8,10-11H2,1-3H3,(H,32,37)(H,33,38)/t14-,17-/m1/s1. The Kier molecular flexibility index (Phi) is 6.03. The number of nitrogens with zero attached hydrogens (tertiary/aromatic N) is 1. The molecular formula is C27H27F4N3O4. The van der Waals surface area contributed by atoms with Crippen LogP contribution in [-0.4, -0.2) is 39.4 Å². The Morgan fingerprint density at radius 1 is 1.13 bits per heavy atom. The van der Waals surface area contributed by atoms with Gasteiger partial charge in [-0.05, 0) is 55.9 Å². The second-order valence-corrected chi connectivity index (χ2v) is 10.6. The zero-order valence-electron chi connectivity index (χ0n) is 21.1. The van der Waals surface area contributed by atoms with Crippen molar-refractivity contribution in [3.8, 4) is 0 Å². The molecule has 7 nitrogen and oxygen atoms in total. The number of halogens is 4. The van der Waals surface area contributed by atoms with Crippen molar-refractivity contribution in [2.24, 2.45) is 5.92 Å². The number of hydrogen-bond donors (Lipinski definition) is 2.